The summed E-state index contributed by atoms with van der Waals surface area (Å²) in [6.07, 6.45) is 4.79. The van der Waals surface area contributed by atoms with Gasteiger partial charge in [-0.15, -0.1) is 0 Å². The molecule has 3 heterocycles. The van der Waals surface area contributed by atoms with E-state index in [-0.39, 0.29) is 28.9 Å². The summed E-state index contributed by atoms with van der Waals surface area (Å²) in [5.41, 5.74) is 7.87. The first-order valence-corrected chi connectivity index (χ1v) is 12.3. The molecule has 0 radical (unpaired) electrons. The van der Waals surface area contributed by atoms with Gasteiger partial charge in [0, 0.05) is 43.5 Å². The van der Waals surface area contributed by atoms with E-state index in [2.05, 4.69) is 10.00 Å². The lowest BCUT2D eigenvalue weighted by atomic mass is 10.1. The first-order valence-electron chi connectivity index (χ1n) is 12.3. The molecule has 3 aromatic rings. The number of hydrogen-bond acceptors (Lipinski definition) is 5. The fourth-order valence-electron chi connectivity index (χ4n) is 5.00. The maximum Gasteiger partial charge on any atom is 0.274 e. The van der Waals surface area contributed by atoms with Gasteiger partial charge in [-0.3, -0.25) is 4.79 Å². The van der Waals surface area contributed by atoms with Crippen LogP contribution < -0.4 is 10.6 Å². The molecule has 1 unspecified atom stereocenters. The van der Waals surface area contributed by atoms with Gasteiger partial charge in [0.2, 0.25) is 0 Å². The topological polar surface area (TPSA) is 91.2 Å². The number of amides is 1. The number of hydrogen-bond donors (Lipinski definition) is 1. The van der Waals surface area contributed by atoms with E-state index in [9.17, 15) is 9.18 Å². The lowest BCUT2D eigenvalue weighted by Gasteiger charge is -2.21. The second-order valence-corrected chi connectivity index (χ2v) is 9.47. The average Bonchev–Trinajstić information content (AvgIpc) is 3.51. The third-order valence-electron chi connectivity index (χ3n) is 6.94. The molecule has 186 valence electrons. The second kappa shape index (κ2) is 10.1. The quantitative estimate of drug-likeness (QED) is 0.591. The van der Waals surface area contributed by atoms with Crippen molar-refractivity contribution in [1.29, 1.82) is 5.26 Å². The summed E-state index contributed by atoms with van der Waals surface area (Å²) in [6, 6.07) is 12.3. The first kappa shape index (κ1) is 23.9. The highest BCUT2D eigenvalue weighted by molar-refractivity contribution is 5.93. The summed E-state index contributed by atoms with van der Waals surface area (Å²) in [5, 5.41) is 13.6. The van der Waals surface area contributed by atoms with Crippen molar-refractivity contribution in [3.63, 3.8) is 0 Å². The normalized spacial score (nSPS) is 18.2. The number of nitrogens with two attached hydrogens (primary N) is 1. The van der Waals surface area contributed by atoms with Crippen LogP contribution in [0.3, 0.4) is 0 Å². The molecule has 5 rings (SSSR count). The number of nitriles is 1. The van der Waals surface area contributed by atoms with E-state index in [0.717, 1.165) is 50.9 Å². The van der Waals surface area contributed by atoms with E-state index in [1.54, 1.807) is 29.2 Å². The van der Waals surface area contributed by atoms with Crippen molar-refractivity contribution in [2.24, 2.45) is 5.73 Å². The fraction of sp³-hybridized carbons (Fsp3) is 0.370. The molecule has 36 heavy (non-hydrogen) atoms. The summed E-state index contributed by atoms with van der Waals surface area (Å²) < 4.78 is 31.3. The molecule has 1 atom stereocenters. The molecule has 2 saturated heterocycles. The number of nitrogens with zero attached hydrogens (tertiary/aromatic N) is 5. The van der Waals surface area contributed by atoms with E-state index >= 15 is 4.39 Å². The molecule has 0 spiro atoms. The van der Waals surface area contributed by atoms with Crippen molar-refractivity contribution >= 4 is 11.6 Å². The van der Waals surface area contributed by atoms with Crippen molar-refractivity contribution in [2.75, 3.05) is 31.1 Å². The van der Waals surface area contributed by atoms with E-state index in [1.807, 2.05) is 6.07 Å². The smallest absolute Gasteiger partial charge is 0.274 e. The maximum atomic E-state index is 15.4. The summed E-state index contributed by atoms with van der Waals surface area (Å²) in [7, 11) is 0. The Kier molecular flexibility index (Phi) is 6.70. The Balaban J connectivity index is 1.58. The molecule has 0 saturated carbocycles. The Labute approximate surface area is 208 Å². The number of likely N-dealkylation sites (tertiary alicyclic amines) is 1. The van der Waals surface area contributed by atoms with Crippen molar-refractivity contribution in [2.45, 2.75) is 38.1 Å². The van der Waals surface area contributed by atoms with Crippen LogP contribution in [0, 0.1) is 23.0 Å². The number of anilines is 1. The molecule has 0 bridgehead atoms. The molecule has 2 aliphatic rings. The van der Waals surface area contributed by atoms with Crippen LogP contribution in [0.4, 0.5) is 14.5 Å². The fourth-order valence-corrected chi connectivity index (χ4v) is 5.00. The third-order valence-corrected chi connectivity index (χ3v) is 6.94. The van der Waals surface area contributed by atoms with Gasteiger partial charge in [-0.05, 0) is 62.1 Å². The maximum absolute atomic E-state index is 15.4. The van der Waals surface area contributed by atoms with Gasteiger partial charge in [-0.2, -0.15) is 10.4 Å². The predicted octanol–water partition coefficient (Wildman–Crippen LogP) is 4.24. The standard InChI is InChI=1S/C27H28F2N6O/c28-22-13-18(6-7-19(22)16-30)26-15-24(27(36)34-12-2-1-5-20(31)17-34)32-35(26)25-9-8-21(14-23(25)29)33-10-3-4-11-33/h6-9,13-15,20H,1-5,10-12,17,31H2. The van der Waals surface area contributed by atoms with Gasteiger partial charge in [-0.25, -0.2) is 13.5 Å². The molecule has 1 aromatic heterocycles. The molecule has 9 heteroatoms. The van der Waals surface area contributed by atoms with Crippen molar-refractivity contribution < 1.29 is 13.6 Å². The van der Waals surface area contributed by atoms with Crippen molar-refractivity contribution in [1.82, 2.24) is 14.7 Å². The molecule has 2 aliphatic heterocycles. The highest BCUT2D eigenvalue weighted by Gasteiger charge is 2.26. The van der Waals surface area contributed by atoms with Crippen LogP contribution >= 0.6 is 0 Å². The molecular weight excluding hydrogens is 462 g/mol. The van der Waals surface area contributed by atoms with Crippen LogP contribution in [0.15, 0.2) is 42.5 Å². The summed E-state index contributed by atoms with van der Waals surface area (Å²) >= 11 is 0. The highest BCUT2D eigenvalue weighted by Crippen LogP contribution is 2.30. The van der Waals surface area contributed by atoms with Gasteiger partial charge < -0.3 is 15.5 Å². The van der Waals surface area contributed by atoms with Crippen LogP contribution in [-0.4, -0.2) is 52.8 Å². The largest absolute Gasteiger partial charge is 0.371 e. The van der Waals surface area contributed by atoms with Crippen molar-refractivity contribution in [3.8, 4) is 23.0 Å². The van der Waals surface area contributed by atoms with Crippen LogP contribution in [-0.2, 0) is 0 Å². The van der Waals surface area contributed by atoms with Crippen LogP contribution in [0.5, 0.6) is 0 Å². The molecule has 2 N–H and O–H groups in total. The van der Waals surface area contributed by atoms with Gasteiger partial charge in [0.25, 0.3) is 5.91 Å². The predicted molar refractivity (Wildman–Crippen MR) is 133 cm³/mol. The second-order valence-electron chi connectivity index (χ2n) is 9.47. The zero-order valence-electron chi connectivity index (χ0n) is 20.0. The number of carbonyl (C=O) groups is 1. The lowest BCUT2D eigenvalue weighted by Crippen LogP contribution is -2.39. The molecule has 1 amide bonds. The number of rotatable bonds is 4. The Hall–Kier alpha value is -3.77. The third kappa shape index (κ3) is 4.69. The van der Waals surface area contributed by atoms with Crippen LogP contribution in [0.2, 0.25) is 0 Å². The van der Waals surface area contributed by atoms with Gasteiger partial charge in [-0.1, -0.05) is 12.5 Å². The number of aromatic nitrogens is 2. The minimum atomic E-state index is -0.695. The van der Waals surface area contributed by atoms with E-state index in [1.165, 1.54) is 22.9 Å². The molecule has 7 nitrogen and oxygen atoms in total. The minimum absolute atomic E-state index is 0.0965. The SMILES string of the molecule is N#Cc1ccc(-c2cc(C(=O)N3CCCCC(N)C3)nn2-c2ccc(N3CCCC3)cc2F)cc1F. The van der Waals surface area contributed by atoms with E-state index in [0.29, 0.717) is 24.3 Å². The summed E-state index contributed by atoms with van der Waals surface area (Å²) in [4.78, 5) is 17.2. The van der Waals surface area contributed by atoms with Gasteiger partial charge >= 0.3 is 0 Å². The first-order chi connectivity index (χ1) is 17.4. The Morgan fingerprint density at radius 1 is 1.00 bits per heavy atom. The molecule has 2 fully saturated rings. The summed E-state index contributed by atoms with van der Waals surface area (Å²) in [5.74, 6) is -1.48. The summed E-state index contributed by atoms with van der Waals surface area (Å²) in [6.45, 7) is 2.75. The molecule has 0 aliphatic carbocycles. The van der Waals surface area contributed by atoms with Crippen LogP contribution in [0.25, 0.3) is 16.9 Å². The Morgan fingerprint density at radius 3 is 2.50 bits per heavy atom. The minimum Gasteiger partial charge on any atom is -0.371 e. The molecule has 2 aromatic carbocycles. The van der Waals surface area contributed by atoms with Crippen LogP contribution in [0.1, 0.15) is 48.2 Å². The average molecular weight is 491 g/mol. The number of carbonyl (C=O) groups excluding carboxylic acids is 1. The van der Waals surface area contributed by atoms with Crippen molar-refractivity contribution in [3.05, 3.63) is 65.4 Å². The molecular formula is C27H28F2N6O. The van der Waals surface area contributed by atoms with E-state index < -0.39 is 11.6 Å². The monoisotopic (exact) mass is 490 g/mol. The van der Waals surface area contributed by atoms with Gasteiger partial charge in [0.05, 0.1) is 11.3 Å². The zero-order valence-corrected chi connectivity index (χ0v) is 20.0. The zero-order chi connectivity index (χ0) is 25.2. The highest BCUT2D eigenvalue weighted by atomic mass is 19.1. The number of halogens is 2. The Bertz CT molecular complexity index is 1320. The lowest BCUT2D eigenvalue weighted by molar-refractivity contribution is 0.0748. The van der Waals surface area contributed by atoms with Gasteiger partial charge in [0.15, 0.2) is 11.5 Å². The van der Waals surface area contributed by atoms with Gasteiger partial charge in [0.1, 0.15) is 17.6 Å². The Morgan fingerprint density at radius 2 is 1.78 bits per heavy atom. The number of benzene rings is 2. The van der Waals surface area contributed by atoms with E-state index in [4.69, 9.17) is 11.0 Å².